The summed E-state index contributed by atoms with van der Waals surface area (Å²) in [4.78, 5) is 16.3. The summed E-state index contributed by atoms with van der Waals surface area (Å²) < 4.78 is 41.5. The first-order chi connectivity index (χ1) is 14.9. The van der Waals surface area contributed by atoms with Crippen LogP contribution in [0.15, 0.2) is 53.7 Å². The zero-order valence-electron chi connectivity index (χ0n) is 16.7. The Labute approximate surface area is 181 Å². The van der Waals surface area contributed by atoms with E-state index in [4.69, 9.17) is 8.94 Å². The fourth-order valence-electron chi connectivity index (χ4n) is 4.04. The Morgan fingerprint density at radius 2 is 2.00 bits per heavy atom. The van der Waals surface area contributed by atoms with E-state index in [1.54, 1.807) is 13.1 Å². The standard InChI is InChI=1S/C20H20N4O5S2/c1-24-15-6-5-14(11-16(15)28-19(24)25)31(26,27)23-20(8-3-2-4-9-20)18-21-17(22-29-18)13-7-10-30-12-13/h5-7,10-12,23H,2-4,8-9H2,1H3. The number of hydrogen-bond acceptors (Lipinski definition) is 8. The van der Waals surface area contributed by atoms with Gasteiger partial charge in [0.2, 0.25) is 21.7 Å². The van der Waals surface area contributed by atoms with Gasteiger partial charge in [-0.15, -0.1) is 0 Å². The molecule has 1 saturated carbocycles. The number of aryl methyl sites for hydroxylation is 1. The van der Waals surface area contributed by atoms with Crippen LogP contribution < -0.4 is 10.5 Å². The van der Waals surface area contributed by atoms with Gasteiger partial charge in [-0.05, 0) is 36.4 Å². The van der Waals surface area contributed by atoms with Gasteiger partial charge in [0, 0.05) is 24.1 Å². The van der Waals surface area contributed by atoms with E-state index in [0.29, 0.717) is 24.2 Å². The van der Waals surface area contributed by atoms with Gasteiger partial charge in [-0.25, -0.2) is 13.2 Å². The van der Waals surface area contributed by atoms with Gasteiger partial charge in [-0.1, -0.05) is 24.4 Å². The van der Waals surface area contributed by atoms with E-state index < -0.39 is 21.3 Å². The van der Waals surface area contributed by atoms with Crippen molar-refractivity contribution in [3.63, 3.8) is 0 Å². The number of oxazole rings is 1. The van der Waals surface area contributed by atoms with E-state index in [1.165, 1.54) is 28.0 Å². The summed E-state index contributed by atoms with van der Waals surface area (Å²) in [6.07, 6.45) is 3.80. The van der Waals surface area contributed by atoms with Crippen molar-refractivity contribution in [3.05, 3.63) is 51.5 Å². The molecule has 1 fully saturated rings. The molecule has 1 aliphatic carbocycles. The fraction of sp³-hybridized carbons (Fsp3) is 0.350. The van der Waals surface area contributed by atoms with Crippen molar-refractivity contribution in [1.29, 1.82) is 0 Å². The number of benzene rings is 1. The smallest absolute Gasteiger partial charge is 0.408 e. The van der Waals surface area contributed by atoms with Gasteiger partial charge in [-0.2, -0.15) is 21.0 Å². The van der Waals surface area contributed by atoms with E-state index in [9.17, 15) is 13.2 Å². The quantitative estimate of drug-likeness (QED) is 0.485. The van der Waals surface area contributed by atoms with E-state index in [2.05, 4.69) is 14.9 Å². The second-order valence-corrected chi connectivity index (χ2v) is 10.2. The normalized spacial score (nSPS) is 16.7. The third kappa shape index (κ3) is 3.52. The summed E-state index contributed by atoms with van der Waals surface area (Å²) in [5, 5.41) is 7.90. The van der Waals surface area contributed by atoms with Gasteiger partial charge in [-0.3, -0.25) is 4.57 Å². The summed E-state index contributed by atoms with van der Waals surface area (Å²) in [5.41, 5.74) is 0.586. The van der Waals surface area contributed by atoms with E-state index in [0.717, 1.165) is 24.8 Å². The van der Waals surface area contributed by atoms with Crippen LogP contribution in [0.1, 0.15) is 38.0 Å². The predicted octanol–water partition coefficient (Wildman–Crippen LogP) is 3.38. The van der Waals surface area contributed by atoms with Crippen LogP contribution in [-0.4, -0.2) is 23.1 Å². The molecule has 0 saturated heterocycles. The first-order valence-electron chi connectivity index (χ1n) is 9.88. The lowest BCUT2D eigenvalue weighted by Gasteiger charge is -2.34. The molecule has 3 aromatic heterocycles. The Hall–Kier alpha value is -2.76. The van der Waals surface area contributed by atoms with Crippen molar-refractivity contribution in [1.82, 2.24) is 19.4 Å². The minimum absolute atomic E-state index is 0.0110. The predicted molar refractivity (Wildman–Crippen MR) is 114 cm³/mol. The van der Waals surface area contributed by atoms with Crippen molar-refractivity contribution in [2.45, 2.75) is 42.5 Å². The van der Waals surface area contributed by atoms with E-state index in [-0.39, 0.29) is 16.4 Å². The fourth-order valence-corrected chi connectivity index (χ4v) is 6.11. The molecule has 3 heterocycles. The van der Waals surface area contributed by atoms with Crippen molar-refractivity contribution < 1.29 is 17.4 Å². The van der Waals surface area contributed by atoms with Crippen LogP contribution in [0, 0.1) is 0 Å². The maximum absolute atomic E-state index is 13.3. The molecule has 0 amide bonds. The lowest BCUT2D eigenvalue weighted by atomic mass is 9.82. The van der Waals surface area contributed by atoms with Crippen LogP contribution in [0.4, 0.5) is 0 Å². The zero-order chi connectivity index (χ0) is 21.6. The molecule has 11 heteroatoms. The molecule has 0 radical (unpaired) electrons. The summed E-state index contributed by atoms with van der Waals surface area (Å²) in [6.45, 7) is 0. The van der Waals surface area contributed by atoms with Crippen molar-refractivity contribution in [2.24, 2.45) is 7.05 Å². The first-order valence-corrected chi connectivity index (χ1v) is 12.3. The molecule has 1 aromatic carbocycles. The molecule has 162 valence electrons. The van der Waals surface area contributed by atoms with E-state index in [1.807, 2.05) is 16.8 Å². The van der Waals surface area contributed by atoms with Crippen LogP contribution in [-0.2, 0) is 22.6 Å². The molecule has 0 bridgehead atoms. The molecule has 9 nitrogen and oxygen atoms in total. The maximum atomic E-state index is 13.3. The van der Waals surface area contributed by atoms with Gasteiger partial charge >= 0.3 is 5.76 Å². The summed E-state index contributed by atoms with van der Waals surface area (Å²) in [5.74, 6) is 0.158. The molecule has 0 spiro atoms. The van der Waals surface area contributed by atoms with Gasteiger partial charge in [0.25, 0.3) is 0 Å². The molecule has 1 N–H and O–H groups in total. The number of thiophene rings is 1. The van der Waals surface area contributed by atoms with Crippen LogP contribution in [0.5, 0.6) is 0 Å². The largest absolute Gasteiger partial charge is 0.419 e. The number of sulfonamides is 1. The Bertz CT molecular complexity index is 1390. The molecule has 0 unspecified atom stereocenters. The van der Waals surface area contributed by atoms with Crippen molar-refractivity contribution in [3.8, 4) is 11.4 Å². The lowest BCUT2D eigenvalue weighted by Crippen LogP contribution is -2.47. The monoisotopic (exact) mass is 460 g/mol. The number of hydrogen-bond donors (Lipinski definition) is 1. The molecule has 4 aromatic rings. The summed E-state index contributed by atoms with van der Waals surface area (Å²) >= 11 is 1.52. The number of fused-ring (bicyclic) bond motifs is 1. The van der Waals surface area contributed by atoms with E-state index >= 15 is 0 Å². The Kier molecular flexibility index (Phi) is 4.83. The average molecular weight is 461 g/mol. The third-order valence-corrected chi connectivity index (χ3v) is 7.94. The Morgan fingerprint density at radius 1 is 1.19 bits per heavy atom. The molecule has 0 aliphatic heterocycles. The number of aromatic nitrogens is 3. The van der Waals surface area contributed by atoms with Crippen LogP contribution in [0.25, 0.3) is 22.5 Å². The molecule has 1 aliphatic rings. The SMILES string of the molecule is Cn1c(=O)oc2cc(S(=O)(=O)NC3(c4nc(-c5ccsc5)no4)CCCCC3)ccc21. The highest BCUT2D eigenvalue weighted by atomic mass is 32.2. The zero-order valence-corrected chi connectivity index (χ0v) is 18.3. The van der Waals surface area contributed by atoms with Gasteiger partial charge in [0.1, 0.15) is 5.54 Å². The summed E-state index contributed by atoms with van der Waals surface area (Å²) in [7, 11) is -2.39. The second-order valence-electron chi connectivity index (χ2n) is 7.74. The molecular weight excluding hydrogens is 440 g/mol. The van der Waals surface area contributed by atoms with Crippen LogP contribution in [0.2, 0.25) is 0 Å². The number of nitrogens with one attached hydrogen (secondary N) is 1. The Balaban J connectivity index is 1.53. The number of nitrogens with zero attached hydrogens (tertiary/aromatic N) is 3. The third-order valence-electron chi connectivity index (χ3n) is 5.73. The highest BCUT2D eigenvalue weighted by molar-refractivity contribution is 7.89. The molecule has 31 heavy (non-hydrogen) atoms. The topological polar surface area (TPSA) is 120 Å². The highest BCUT2D eigenvalue weighted by Gasteiger charge is 2.43. The second kappa shape index (κ2) is 7.43. The van der Waals surface area contributed by atoms with Gasteiger partial charge in [0.15, 0.2) is 5.58 Å². The average Bonchev–Trinajstić information content (AvgIpc) is 3.49. The first kappa shape index (κ1) is 20.2. The summed E-state index contributed by atoms with van der Waals surface area (Å²) in [6, 6.07) is 6.27. The lowest BCUT2D eigenvalue weighted by molar-refractivity contribution is 0.199. The minimum atomic E-state index is -3.95. The van der Waals surface area contributed by atoms with Gasteiger partial charge < -0.3 is 8.94 Å². The van der Waals surface area contributed by atoms with Crippen LogP contribution in [0.3, 0.4) is 0 Å². The maximum Gasteiger partial charge on any atom is 0.419 e. The number of rotatable bonds is 5. The van der Waals surface area contributed by atoms with Gasteiger partial charge in [0.05, 0.1) is 10.4 Å². The van der Waals surface area contributed by atoms with Crippen molar-refractivity contribution >= 4 is 32.5 Å². The van der Waals surface area contributed by atoms with Crippen LogP contribution >= 0.6 is 11.3 Å². The molecule has 5 rings (SSSR count). The molecular formula is C20H20N4O5S2. The molecule has 0 atom stereocenters. The minimum Gasteiger partial charge on any atom is -0.408 e. The Morgan fingerprint density at radius 3 is 2.74 bits per heavy atom. The van der Waals surface area contributed by atoms with Crippen molar-refractivity contribution in [2.75, 3.05) is 0 Å². The highest BCUT2D eigenvalue weighted by Crippen LogP contribution is 2.38.